The van der Waals surface area contributed by atoms with Crippen LogP contribution in [-0.2, 0) is 9.47 Å². The van der Waals surface area contributed by atoms with E-state index >= 15 is 0 Å². The van der Waals surface area contributed by atoms with E-state index in [4.69, 9.17) is 13.9 Å². The topological polar surface area (TPSA) is 117 Å². The van der Waals surface area contributed by atoms with Crippen molar-refractivity contribution in [3.8, 4) is 0 Å². The van der Waals surface area contributed by atoms with Gasteiger partial charge in [-0.15, -0.1) is 0 Å². The molecular formula is C21H35N5O5. The summed E-state index contributed by atoms with van der Waals surface area (Å²) in [7, 11) is 1.65. The quantitative estimate of drug-likeness (QED) is 0.354. The summed E-state index contributed by atoms with van der Waals surface area (Å²) >= 11 is 0. The van der Waals surface area contributed by atoms with E-state index in [1.807, 2.05) is 41.5 Å². The summed E-state index contributed by atoms with van der Waals surface area (Å²) in [6.07, 6.45) is 0.840. The zero-order valence-corrected chi connectivity index (χ0v) is 19.4. The van der Waals surface area contributed by atoms with Crippen LogP contribution in [0.15, 0.2) is 27.8 Å². The summed E-state index contributed by atoms with van der Waals surface area (Å²) in [5, 5.41) is 9.11. The average Bonchev–Trinajstić information content (AvgIpc) is 3.25. The highest BCUT2D eigenvalue weighted by Gasteiger charge is 2.49. The van der Waals surface area contributed by atoms with Crippen molar-refractivity contribution in [2.24, 2.45) is 4.99 Å². The van der Waals surface area contributed by atoms with Gasteiger partial charge in [-0.1, -0.05) is 0 Å². The standard InChI is InChI=1S/C21H35N5O5/c1-14-15(26(21(5,6)30-14)19(28)31-20(2,3)4)13-25-18(22-7)24-11-10-23-17(27)16-9-8-12-29-16/h8-9,12,14-15H,10-11,13H2,1-7H3,(H,23,27)(H2,22,24,25). The largest absolute Gasteiger partial charge is 0.459 e. The van der Waals surface area contributed by atoms with E-state index in [0.717, 1.165) is 0 Å². The van der Waals surface area contributed by atoms with E-state index in [0.29, 0.717) is 25.6 Å². The highest BCUT2D eigenvalue weighted by molar-refractivity contribution is 5.91. The monoisotopic (exact) mass is 437 g/mol. The second-order valence-electron chi connectivity index (χ2n) is 8.80. The predicted octanol–water partition coefficient (Wildman–Crippen LogP) is 1.93. The molecule has 2 unspecified atom stereocenters. The molecule has 10 nitrogen and oxygen atoms in total. The minimum absolute atomic E-state index is 0.194. The van der Waals surface area contributed by atoms with Crippen molar-refractivity contribution in [3.63, 3.8) is 0 Å². The van der Waals surface area contributed by atoms with Gasteiger partial charge < -0.3 is 29.8 Å². The lowest BCUT2D eigenvalue weighted by atomic mass is 10.1. The summed E-state index contributed by atoms with van der Waals surface area (Å²) in [5.74, 6) is 0.540. The number of carbonyl (C=O) groups excluding carboxylic acids is 2. The number of nitrogens with zero attached hydrogens (tertiary/aromatic N) is 2. The molecule has 0 radical (unpaired) electrons. The van der Waals surface area contributed by atoms with Crippen LogP contribution in [0.3, 0.4) is 0 Å². The Morgan fingerprint density at radius 3 is 2.48 bits per heavy atom. The van der Waals surface area contributed by atoms with Crippen LogP contribution in [0.5, 0.6) is 0 Å². The molecule has 174 valence electrons. The third kappa shape index (κ3) is 6.88. The van der Waals surface area contributed by atoms with E-state index in [1.165, 1.54) is 6.26 Å². The molecule has 0 bridgehead atoms. The normalized spacial score (nSPS) is 21.0. The zero-order valence-electron chi connectivity index (χ0n) is 19.4. The van der Waals surface area contributed by atoms with Crippen molar-refractivity contribution in [3.05, 3.63) is 24.2 Å². The molecule has 1 aliphatic heterocycles. The minimum atomic E-state index is -0.790. The fourth-order valence-corrected chi connectivity index (χ4v) is 3.40. The van der Waals surface area contributed by atoms with Crippen LogP contribution in [0.25, 0.3) is 0 Å². The lowest BCUT2D eigenvalue weighted by Gasteiger charge is -2.35. The number of ether oxygens (including phenoxy) is 2. The fraction of sp³-hybridized carbons (Fsp3) is 0.667. The lowest BCUT2D eigenvalue weighted by molar-refractivity contribution is -0.0755. The summed E-state index contributed by atoms with van der Waals surface area (Å²) in [5.41, 5.74) is -1.39. The van der Waals surface area contributed by atoms with Gasteiger partial charge in [0.15, 0.2) is 11.7 Å². The van der Waals surface area contributed by atoms with Gasteiger partial charge in [-0.2, -0.15) is 0 Å². The second-order valence-corrected chi connectivity index (χ2v) is 8.80. The molecule has 2 atom stereocenters. The molecule has 0 aliphatic carbocycles. The van der Waals surface area contributed by atoms with Gasteiger partial charge in [0.2, 0.25) is 0 Å². The minimum Gasteiger partial charge on any atom is -0.459 e. The van der Waals surface area contributed by atoms with Crippen LogP contribution in [-0.4, -0.2) is 73.0 Å². The number of hydrogen-bond donors (Lipinski definition) is 3. The summed E-state index contributed by atoms with van der Waals surface area (Å²) in [6, 6.07) is 3.02. The molecule has 0 aromatic carbocycles. The number of guanidine groups is 1. The molecule has 3 N–H and O–H groups in total. The Bertz CT molecular complexity index is 770. The Balaban J connectivity index is 1.87. The van der Waals surface area contributed by atoms with E-state index < -0.39 is 17.4 Å². The van der Waals surface area contributed by atoms with E-state index in [2.05, 4.69) is 20.9 Å². The van der Waals surface area contributed by atoms with Crippen LogP contribution in [0.2, 0.25) is 0 Å². The first kappa shape index (κ1) is 24.5. The summed E-state index contributed by atoms with van der Waals surface area (Å²) in [4.78, 5) is 30.5. The van der Waals surface area contributed by atoms with Gasteiger partial charge in [-0.05, 0) is 53.7 Å². The molecule has 0 saturated carbocycles. The van der Waals surface area contributed by atoms with Gasteiger partial charge in [-0.3, -0.25) is 14.7 Å². The maximum Gasteiger partial charge on any atom is 0.412 e. The summed E-state index contributed by atoms with van der Waals surface area (Å²) < 4.78 is 16.6. The second kappa shape index (κ2) is 10.0. The third-order valence-corrected chi connectivity index (χ3v) is 4.67. The number of furan rings is 1. The smallest absolute Gasteiger partial charge is 0.412 e. The van der Waals surface area contributed by atoms with Crippen molar-refractivity contribution in [1.82, 2.24) is 20.9 Å². The average molecular weight is 438 g/mol. The maximum absolute atomic E-state index is 12.8. The van der Waals surface area contributed by atoms with Gasteiger partial charge in [0, 0.05) is 26.7 Å². The third-order valence-electron chi connectivity index (χ3n) is 4.67. The highest BCUT2D eigenvalue weighted by Crippen LogP contribution is 2.33. The highest BCUT2D eigenvalue weighted by atomic mass is 16.6. The van der Waals surface area contributed by atoms with Crippen LogP contribution in [0, 0.1) is 0 Å². The predicted molar refractivity (Wildman–Crippen MR) is 117 cm³/mol. The molecule has 1 aromatic heterocycles. The number of rotatable bonds is 6. The molecule has 1 fully saturated rings. The molecule has 0 spiro atoms. The van der Waals surface area contributed by atoms with Gasteiger partial charge in [0.1, 0.15) is 11.3 Å². The number of hydrogen-bond acceptors (Lipinski definition) is 6. The van der Waals surface area contributed by atoms with Crippen LogP contribution in [0.4, 0.5) is 4.79 Å². The molecular weight excluding hydrogens is 402 g/mol. The van der Waals surface area contributed by atoms with Crippen LogP contribution < -0.4 is 16.0 Å². The molecule has 1 aromatic rings. The lowest BCUT2D eigenvalue weighted by Crippen LogP contribution is -2.54. The Kier molecular flexibility index (Phi) is 7.94. The van der Waals surface area contributed by atoms with Crippen molar-refractivity contribution in [2.45, 2.75) is 65.0 Å². The van der Waals surface area contributed by atoms with Gasteiger partial charge >= 0.3 is 6.09 Å². The van der Waals surface area contributed by atoms with E-state index in [1.54, 1.807) is 24.1 Å². The molecule has 31 heavy (non-hydrogen) atoms. The molecule has 1 saturated heterocycles. The first-order valence-corrected chi connectivity index (χ1v) is 10.4. The first-order chi connectivity index (χ1) is 14.4. The number of carbonyl (C=O) groups is 2. The van der Waals surface area contributed by atoms with Crippen molar-refractivity contribution >= 4 is 18.0 Å². The Labute approximate surface area is 183 Å². The molecule has 2 amide bonds. The number of nitrogens with one attached hydrogen (secondary N) is 3. The molecule has 2 heterocycles. The Hall–Kier alpha value is -2.75. The molecule has 1 aliphatic rings. The van der Waals surface area contributed by atoms with Crippen molar-refractivity contribution < 1.29 is 23.5 Å². The van der Waals surface area contributed by atoms with Gasteiger partial charge in [0.05, 0.1) is 18.4 Å². The molecule has 10 heteroatoms. The summed E-state index contributed by atoms with van der Waals surface area (Å²) in [6.45, 7) is 12.4. The SMILES string of the molecule is CN=C(NCCNC(=O)c1ccco1)NCC1C(C)OC(C)(C)N1C(=O)OC(C)(C)C. The van der Waals surface area contributed by atoms with E-state index in [-0.39, 0.29) is 23.8 Å². The number of amides is 2. The first-order valence-electron chi connectivity index (χ1n) is 10.4. The van der Waals surface area contributed by atoms with Crippen molar-refractivity contribution in [2.75, 3.05) is 26.7 Å². The number of aliphatic imine (C=N–C) groups is 1. The van der Waals surface area contributed by atoms with Gasteiger partial charge in [-0.25, -0.2) is 4.79 Å². The van der Waals surface area contributed by atoms with Crippen LogP contribution >= 0.6 is 0 Å². The zero-order chi connectivity index (χ0) is 23.2. The van der Waals surface area contributed by atoms with Gasteiger partial charge in [0.25, 0.3) is 5.91 Å². The fourth-order valence-electron chi connectivity index (χ4n) is 3.40. The Morgan fingerprint density at radius 1 is 1.23 bits per heavy atom. The Morgan fingerprint density at radius 2 is 1.90 bits per heavy atom. The molecule has 2 rings (SSSR count). The van der Waals surface area contributed by atoms with Crippen molar-refractivity contribution in [1.29, 1.82) is 0 Å². The van der Waals surface area contributed by atoms with E-state index in [9.17, 15) is 9.59 Å². The van der Waals surface area contributed by atoms with Crippen LogP contribution in [0.1, 0.15) is 52.1 Å². The maximum atomic E-state index is 12.8.